The number of alkyl halides is 9. The summed E-state index contributed by atoms with van der Waals surface area (Å²) in [5.41, 5.74) is -3.68. The van der Waals surface area contributed by atoms with Crippen molar-refractivity contribution in [3.8, 4) is 17.0 Å². The fourth-order valence-electron chi connectivity index (χ4n) is 2.95. The zero-order valence-corrected chi connectivity index (χ0v) is 17.5. The van der Waals surface area contributed by atoms with Crippen LogP contribution in [0.2, 0.25) is 0 Å². The van der Waals surface area contributed by atoms with E-state index in [1.54, 1.807) is 6.92 Å². The summed E-state index contributed by atoms with van der Waals surface area (Å²) in [6, 6.07) is 6.86. The van der Waals surface area contributed by atoms with E-state index in [1.807, 2.05) is 0 Å². The van der Waals surface area contributed by atoms with Gasteiger partial charge in [0, 0.05) is 18.2 Å². The van der Waals surface area contributed by atoms with E-state index in [9.17, 15) is 39.5 Å². The molecule has 0 spiro atoms. The molecule has 0 radical (unpaired) electrons. The molecule has 5 nitrogen and oxygen atoms in total. The lowest BCUT2D eigenvalue weighted by molar-refractivity contribution is -0.274. The second-order valence-electron chi connectivity index (χ2n) is 6.95. The Kier molecular flexibility index (Phi) is 7.03. The van der Waals surface area contributed by atoms with Gasteiger partial charge in [0.05, 0.1) is 22.5 Å². The Morgan fingerprint density at radius 1 is 0.829 bits per heavy atom. The quantitative estimate of drug-likeness (QED) is 0.342. The molecule has 0 aliphatic carbocycles. The van der Waals surface area contributed by atoms with Gasteiger partial charge < -0.3 is 15.4 Å². The van der Waals surface area contributed by atoms with Crippen LogP contribution >= 0.6 is 0 Å². The number of benzene rings is 2. The molecule has 2 aromatic carbocycles. The zero-order valence-electron chi connectivity index (χ0n) is 17.5. The fraction of sp³-hybridized carbons (Fsp3) is 0.238. The molecule has 1 aromatic heterocycles. The van der Waals surface area contributed by atoms with Crippen molar-refractivity contribution >= 4 is 17.5 Å². The van der Waals surface area contributed by atoms with Crippen LogP contribution in [0, 0.1) is 0 Å². The van der Waals surface area contributed by atoms with Gasteiger partial charge in [0.25, 0.3) is 0 Å². The van der Waals surface area contributed by atoms with E-state index in [1.165, 1.54) is 12.1 Å². The third-order valence-electron chi connectivity index (χ3n) is 4.34. The normalized spacial score (nSPS) is 12.4. The minimum Gasteiger partial charge on any atom is -0.406 e. The highest BCUT2D eigenvalue weighted by molar-refractivity contribution is 5.70. The molecule has 2 N–H and O–H groups in total. The van der Waals surface area contributed by atoms with Crippen LogP contribution in [0.3, 0.4) is 0 Å². The molecule has 14 heteroatoms. The van der Waals surface area contributed by atoms with Crippen LogP contribution in [0.1, 0.15) is 18.1 Å². The molecule has 188 valence electrons. The topological polar surface area (TPSA) is 59.1 Å². The Labute approximate surface area is 192 Å². The van der Waals surface area contributed by atoms with Crippen molar-refractivity contribution in [2.45, 2.75) is 25.6 Å². The van der Waals surface area contributed by atoms with Crippen LogP contribution in [0.4, 0.5) is 57.0 Å². The van der Waals surface area contributed by atoms with E-state index < -0.39 is 41.3 Å². The summed E-state index contributed by atoms with van der Waals surface area (Å²) >= 11 is 0. The maximum atomic E-state index is 13.5. The molecule has 0 bridgehead atoms. The van der Waals surface area contributed by atoms with E-state index in [2.05, 4.69) is 25.3 Å². The lowest BCUT2D eigenvalue weighted by atomic mass is 10.1. The van der Waals surface area contributed by atoms with Gasteiger partial charge in [0.1, 0.15) is 11.6 Å². The predicted octanol–water partition coefficient (Wildman–Crippen LogP) is 7.26. The third-order valence-corrected chi connectivity index (χ3v) is 4.34. The van der Waals surface area contributed by atoms with E-state index in [4.69, 9.17) is 0 Å². The van der Waals surface area contributed by atoms with Gasteiger partial charge in [0.2, 0.25) is 5.95 Å². The van der Waals surface area contributed by atoms with Crippen molar-refractivity contribution in [1.29, 1.82) is 0 Å². The molecule has 3 rings (SSSR count). The van der Waals surface area contributed by atoms with Crippen LogP contribution in [-0.2, 0) is 12.4 Å². The van der Waals surface area contributed by atoms with Crippen molar-refractivity contribution in [2.75, 3.05) is 17.2 Å². The first kappa shape index (κ1) is 25.9. The summed E-state index contributed by atoms with van der Waals surface area (Å²) in [7, 11) is 0. The molecule has 1 heterocycles. The van der Waals surface area contributed by atoms with Crippen LogP contribution in [0.25, 0.3) is 11.3 Å². The van der Waals surface area contributed by atoms with Gasteiger partial charge in [-0.15, -0.1) is 13.2 Å². The Morgan fingerprint density at radius 2 is 1.54 bits per heavy atom. The largest absolute Gasteiger partial charge is 0.573 e. The van der Waals surface area contributed by atoms with Crippen LogP contribution in [0.5, 0.6) is 5.75 Å². The van der Waals surface area contributed by atoms with Gasteiger partial charge in [-0.2, -0.15) is 31.3 Å². The molecule has 0 amide bonds. The molecule has 0 aliphatic heterocycles. The predicted molar refractivity (Wildman–Crippen MR) is 108 cm³/mol. The SMILES string of the molecule is CCNc1nc(Nc2ccc(C(F)(F)F)cc2C(F)(F)F)cc(-c2cccc(OC(F)(F)F)c2)n1. The second kappa shape index (κ2) is 9.50. The number of hydrogen-bond donors (Lipinski definition) is 2. The molecule has 0 atom stereocenters. The van der Waals surface area contributed by atoms with Crippen molar-refractivity contribution < 1.29 is 44.3 Å². The van der Waals surface area contributed by atoms with Crippen LogP contribution in [0.15, 0.2) is 48.5 Å². The molecule has 0 fully saturated rings. The standard InChI is InChI=1S/C21H15F9N4O/c1-2-31-18-33-16(11-4-3-5-13(8-11)35-21(28,29)30)10-17(34-18)32-15-7-6-12(19(22,23)24)9-14(15)20(25,26)27/h3-10H,2H2,1H3,(H2,31,32,33,34). The number of nitrogens with zero attached hydrogens (tertiary/aromatic N) is 2. The average molecular weight is 510 g/mol. The van der Waals surface area contributed by atoms with E-state index in [0.717, 1.165) is 18.2 Å². The van der Waals surface area contributed by atoms with Gasteiger partial charge in [0.15, 0.2) is 0 Å². The molecular weight excluding hydrogens is 495 g/mol. The second-order valence-corrected chi connectivity index (χ2v) is 6.95. The van der Waals surface area contributed by atoms with Crippen molar-refractivity contribution in [3.63, 3.8) is 0 Å². The molecule has 0 saturated heterocycles. The lowest BCUT2D eigenvalue weighted by Gasteiger charge is -2.17. The minimum absolute atomic E-state index is 0.00606. The Balaban J connectivity index is 2.05. The van der Waals surface area contributed by atoms with Crippen molar-refractivity contribution in [3.05, 3.63) is 59.7 Å². The van der Waals surface area contributed by atoms with Crippen LogP contribution < -0.4 is 15.4 Å². The molecule has 35 heavy (non-hydrogen) atoms. The van der Waals surface area contributed by atoms with Crippen molar-refractivity contribution in [1.82, 2.24) is 9.97 Å². The summed E-state index contributed by atoms with van der Waals surface area (Å²) in [6.45, 7) is 1.95. The van der Waals surface area contributed by atoms with Gasteiger partial charge >= 0.3 is 18.7 Å². The highest BCUT2D eigenvalue weighted by Gasteiger charge is 2.38. The first-order valence-corrected chi connectivity index (χ1v) is 9.70. The number of halogens is 9. The summed E-state index contributed by atoms with van der Waals surface area (Å²) in [4.78, 5) is 8.11. The smallest absolute Gasteiger partial charge is 0.406 e. The van der Waals surface area contributed by atoms with Gasteiger partial charge in [-0.3, -0.25) is 0 Å². The average Bonchev–Trinajstić information content (AvgIpc) is 2.71. The maximum absolute atomic E-state index is 13.5. The number of aromatic nitrogens is 2. The maximum Gasteiger partial charge on any atom is 0.573 e. The Morgan fingerprint density at radius 3 is 2.14 bits per heavy atom. The van der Waals surface area contributed by atoms with Gasteiger partial charge in [-0.1, -0.05) is 12.1 Å². The lowest BCUT2D eigenvalue weighted by Crippen LogP contribution is -2.17. The molecule has 0 aliphatic rings. The number of nitrogens with one attached hydrogen (secondary N) is 2. The van der Waals surface area contributed by atoms with Gasteiger partial charge in [-0.05, 0) is 37.3 Å². The summed E-state index contributed by atoms with van der Waals surface area (Å²) in [6.07, 6.45) is -15.1. The first-order valence-electron chi connectivity index (χ1n) is 9.70. The monoisotopic (exact) mass is 510 g/mol. The Hall–Kier alpha value is -3.71. The zero-order chi connectivity index (χ0) is 26.0. The molecule has 3 aromatic rings. The van der Waals surface area contributed by atoms with Gasteiger partial charge in [-0.25, -0.2) is 4.98 Å². The summed E-state index contributed by atoms with van der Waals surface area (Å²) in [5, 5.41) is 5.06. The molecular formula is C21H15F9N4O. The molecule has 0 unspecified atom stereocenters. The number of ether oxygens (including phenoxy) is 1. The van der Waals surface area contributed by atoms with E-state index >= 15 is 0 Å². The van der Waals surface area contributed by atoms with E-state index in [0.29, 0.717) is 12.1 Å². The number of anilines is 3. The summed E-state index contributed by atoms with van der Waals surface area (Å²) < 4.78 is 121. The third kappa shape index (κ3) is 6.90. The highest BCUT2D eigenvalue weighted by Crippen LogP contribution is 2.40. The summed E-state index contributed by atoms with van der Waals surface area (Å²) in [5.74, 6) is -0.899. The molecule has 0 saturated carbocycles. The highest BCUT2D eigenvalue weighted by atomic mass is 19.4. The number of rotatable bonds is 6. The first-order chi connectivity index (χ1) is 16.2. The fourth-order valence-corrected chi connectivity index (χ4v) is 2.95. The van der Waals surface area contributed by atoms with Crippen molar-refractivity contribution in [2.24, 2.45) is 0 Å². The number of hydrogen-bond acceptors (Lipinski definition) is 5. The van der Waals surface area contributed by atoms with Crippen LogP contribution in [-0.4, -0.2) is 22.9 Å². The Bertz CT molecular complexity index is 1190. The van der Waals surface area contributed by atoms with E-state index in [-0.39, 0.29) is 35.6 Å². The minimum atomic E-state index is -5.13.